The van der Waals surface area contributed by atoms with Gasteiger partial charge in [0, 0.05) is 4.88 Å². The first-order valence-corrected chi connectivity index (χ1v) is 7.90. The van der Waals surface area contributed by atoms with Gasteiger partial charge in [-0.3, -0.25) is 9.59 Å². The fourth-order valence-corrected chi connectivity index (χ4v) is 3.19. The molecular weight excluding hydrogens is 306 g/mol. The molecule has 6 nitrogen and oxygen atoms in total. The van der Waals surface area contributed by atoms with Gasteiger partial charge in [0.2, 0.25) is 0 Å². The molecule has 0 atom stereocenters. The van der Waals surface area contributed by atoms with E-state index in [1.807, 2.05) is 6.92 Å². The number of amides is 1. The molecule has 0 bridgehead atoms. The monoisotopic (exact) mass is 325 g/mol. The average molecular weight is 325 g/mol. The van der Waals surface area contributed by atoms with Crippen LogP contribution in [0.1, 0.15) is 40.1 Å². The quantitative estimate of drug-likeness (QED) is 0.841. The smallest absolute Gasteiger partial charge is 0.341 e. The molecule has 1 heterocycles. The molecule has 0 radical (unpaired) electrons. The van der Waals surface area contributed by atoms with Gasteiger partial charge in [0.15, 0.2) is 6.61 Å². The number of methoxy groups -OCH3 is 1. The fraction of sp³-hybridized carbons (Fsp3) is 0.533. The van der Waals surface area contributed by atoms with Crippen LogP contribution in [0.15, 0.2) is 0 Å². The van der Waals surface area contributed by atoms with E-state index in [9.17, 15) is 14.4 Å². The molecule has 120 valence electrons. The van der Waals surface area contributed by atoms with Crippen molar-refractivity contribution in [1.29, 1.82) is 0 Å². The van der Waals surface area contributed by atoms with Crippen molar-refractivity contribution in [2.75, 3.05) is 19.0 Å². The molecule has 1 aliphatic rings. The Hall–Kier alpha value is -1.89. The van der Waals surface area contributed by atoms with Gasteiger partial charge < -0.3 is 14.8 Å². The van der Waals surface area contributed by atoms with E-state index in [2.05, 4.69) is 5.32 Å². The summed E-state index contributed by atoms with van der Waals surface area (Å²) < 4.78 is 9.72. The molecule has 1 amide bonds. The first-order chi connectivity index (χ1) is 10.4. The van der Waals surface area contributed by atoms with Crippen molar-refractivity contribution in [3.63, 3.8) is 0 Å². The number of aryl methyl sites for hydroxylation is 1. The van der Waals surface area contributed by atoms with Crippen LogP contribution in [-0.2, 0) is 19.1 Å². The van der Waals surface area contributed by atoms with Crippen molar-refractivity contribution in [2.24, 2.45) is 5.92 Å². The maximum atomic E-state index is 11.9. The Morgan fingerprint density at radius 2 is 1.95 bits per heavy atom. The predicted molar refractivity (Wildman–Crippen MR) is 82.1 cm³/mol. The zero-order chi connectivity index (χ0) is 16.3. The van der Waals surface area contributed by atoms with Crippen LogP contribution < -0.4 is 5.32 Å². The Morgan fingerprint density at radius 1 is 1.27 bits per heavy atom. The largest absolute Gasteiger partial charge is 0.465 e. The van der Waals surface area contributed by atoms with Gasteiger partial charge >= 0.3 is 11.9 Å². The number of anilines is 1. The summed E-state index contributed by atoms with van der Waals surface area (Å²) in [4.78, 5) is 36.2. The van der Waals surface area contributed by atoms with Crippen LogP contribution in [0.25, 0.3) is 0 Å². The Bertz CT molecular complexity index is 603. The molecule has 1 N–H and O–H groups in total. The van der Waals surface area contributed by atoms with Gasteiger partial charge in [0.25, 0.3) is 5.91 Å². The highest BCUT2D eigenvalue weighted by Gasteiger charge is 2.27. The van der Waals surface area contributed by atoms with Gasteiger partial charge in [-0.2, -0.15) is 0 Å². The van der Waals surface area contributed by atoms with Crippen LogP contribution >= 0.6 is 11.3 Å². The highest BCUT2D eigenvalue weighted by atomic mass is 32.1. The molecule has 1 aliphatic carbocycles. The maximum absolute atomic E-state index is 11.9. The first-order valence-electron chi connectivity index (χ1n) is 7.08. The van der Waals surface area contributed by atoms with E-state index in [1.165, 1.54) is 18.4 Å². The summed E-state index contributed by atoms with van der Waals surface area (Å²) >= 11 is 1.30. The van der Waals surface area contributed by atoms with E-state index in [-0.39, 0.29) is 18.5 Å². The van der Waals surface area contributed by atoms with Gasteiger partial charge in [-0.25, -0.2) is 4.79 Å². The minimum atomic E-state index is -0.497. The molecule has 0 spiro atoms. The highest BCUT2D eigenvalue weighted by molar-refractivity contribution is 7.16. The topological polar surface area (TPSA) is 81.7 Å². The predicted octanol–water partition coefficient (Wildman–Crippen LogP) is 2.43. The zero-order valence-electron chi connectivity index (χ0n) is 12.9. The second-order valence-corrected chi connectivity index (χ2v) is 6.49. The zero-order valence-corrected chi connectivity index (χ0v) is 13.7. The summed E-state index contributed by atoms with van der Waals surface area (Å²) in [5, 5.41) is 3.04. The molecule has 1 aromatic rings. The molecule has 0 saturated heterocycles. The minimum absolute atomic E-state index is 0.0651. The fourth-order valence-electron chi connectivity index (χ4n) is 2.12. The third kappa shape index (κ3) is 3.47. The Balaban J connectivity index is 1.97. The summed E-state index contributed by atoms with van der Waals surface area (Å²) in [6.45, 7) is 3.31. The number of thiophene rings is 1. The summed E-state index contributed by atoms with van der Waals surface area (Å²) in [6.07, 6.45) is 2.69. The van der Waals surface area contributed by atoms with Crippen molar-refractivity contribution >= 4 is 34.2 Å². The van der Waals surface area contributed by atoms with Gasteiger partial charge in [-0.05, 0) is 32.3 Å². The summed E-state index contributed by atoms with van der Waals surface area (Å²) in [5.41, 5.74) is 1.13. The molecule has 0 aliphatic heterocycles. The van der Waals surface area contributed by atoms with E-state index in [0.29, 0.717) is 10.6 Å². The van der Waals surface area contributed by atoms with E-state index in [4.69, 9.17) is 9.47 Å². The minimum Gasteiger partial charge on any atom is -0.465 e. The lowest BCUT2D eigenvalue weighted by Crippen LogP contribution is -2.28. The Labute approximate surface area is 132 Å². The number of nitrogens with one attached hydrogen (secondary N) is 1. The van der Waals surface area contributed by atoms with Crippen LogP contribution in [0.4, 0.5) is 5.00 Å². The summed E-state index contributed by atoms with van der Waals surface area (Å²) in [6, 6.07) is 0. The van der Waals surface area contributed by atoms with Gasteiger partial charge in [-0.15, -0.1) is 11.3 Å². The van der Waals surface area contributed by atoms with Crippen LogP contribution in [0.3, 0.4) is 0 Å². The molecule has 1 aromatic heterocycles. The second-order valence-electron chi connectivity index (χ2n) is 5.26. The highest BCUT2D eigenvalue weighted by Crippen LogP contribution is 2.33. The molecule has 7 heteroatoms. The molecule has 2 rings (SSSR count). The molecule has 22 heavy (non-hydrogen) atoms. The van der Waals surface area contributed by atoms with E-state index in [1.54, 1.807) is 6.92 Å². The lowest BCUT2D eigenvalue weighted by molar-refractivity contribution is -0.154. The first kappa shape index (κ1) is 16.5. The molecule has 0 aromatic carbocycles. The van der Waals surface area contributed by atoms with Gasteiger partial charge in [-0.1, -0.05) is 6.42 Å². The van der Waals surface area contributed by atoms with Crippen molar-refractivity contribution in [3.8, 4) is 0 Å². The SMILES string of the molecule is COC(=O)c1c(NC(=O)COC(=O)C2CCC2)sc(C)c1C. The van der Waals surface area contributed by atoms with Crippen molar-refractivity contribution in [1.82, 2.24) is 0 Å². The third-order valence-electron chi connectivity index (χ3n) is 3.81. The number of esters is 2. The molecule has 0 unspecified atom stereocenters. The van der Waals surface area contributed by atoms with Crippen LogP contribution in [0.2, 0.25) is 0 Å². The number of hydrogen-bond donors (Lipinski definition) is 1. The number of carbonyl (C=O) groups excluding carboxylic acids is 3. The van der Waals surface area contributed by atoms with E-state index >= 15 is 0 Å². The number of ether oxygens (including phenoxy) is 2. The molecule has 1 saturated carbocycles. The summed E-state index contributed by atoms with van der Waals surface area (Å²) in [7, 11) is 1.29. The third-order valence-corrected chi connectivity index (χ3v) is 4.93. The lowest BCUT2D eigenvalue weighted by Gasteiger charge is -2.22. The molecule has 1 fully saturated rings. The summed E-state index contributed by atoms with van der Waals surface area (Å²) in [5.74, 6) is -1.35. The second kappa shape index (κ2) is 6.91. The normalized spacial score (nSPS) is 14.1. The number of hydrogen-bond acceptors (Lipinski definition) is 6. The Morgan fingerprint density at radius 3 is 2.50 bits per heavy atom. The van der Waals surface area contributed by atoms with Crippen LogP contribution in [-0.4, -0.2) is 31.6 Å². The number of rotatable bonds is 5. The number of carbonyl (C=O) groups is 3. The van der Waals surface area contributed by atoms with E-state index in [0.717, 1.165) is 29.7 Å². The van der Waals surface area contributed by atoms with E-state index < -0.39 is 11.9 Å². The average Bonchev–Trinajstić information content (AvgIpc) is 2.69. The van der Waals surface area contributed by atoms with Crippen LogP contribution in [0.5, 0.6) is 0 Å². The Kier molecular flexibility index (Phi) is 5.18. The standard InChI is InChI=1S/C15H19NO5S/c1-8-9(2)22-13(12(8)15(19)20-3)16-11(17)7-21-14(18)10-5-4-6-10/h10H,4-7H2,1-3H3,(H,16,17). The maximum Gasteiger partial charge on any atom is 0.341 e. The van der Waals surface area contributed by atoms with Crippen LogP contribution in [0, 0.1) is 19.8 Å². The van der Waals surface area contributed by atoms with Crippen molar-refractivity contribution in [2.45, 2.75) is 33.1 Å². The van der Waals surface area contributed by atoms with Crippen molar-refractivity contribution < 1.29 is 23.9 Å². The molecular formula is C15H19NO5S. The van der Waals surface area contributed by atoms with Crippen molar-refractivity contribution in [3.05, 3.63) is 16.0 Å². The lowest BCUT2D eigenvalue weighted by atomic mass is 9.86. The van der Waals surface area contributed by atoms with Gasteiger partial charge in [0.05, 0.1) is 18.6 Å². The van der Waals surface area contributed by atoms with Gasteiger partial charge in [0.1, 0.15) is 5.00 Å².